The van der Waals surface area contributed by atoms with Crippen LogP contribution in [0.25, 0.3) is 17.3 Å². The summed E-state index contributed by atoms with van der Waals surface area (Å²) in [6.45, 7) is -0.0254. The van der Waals surface area contributed by atoms with Crippen LogP contribution in [0.2, 0.25) is 0 Å². The molecule has 3 aromatic rings. The minimum atomic E-state index is -4.47. The Balaban J connectivity index is 1.74. The van der Waals surface area contributed by atoms with Gasteiger partial charge < -0.3 is 10.4 Å². The number of hydrogen-bond donors (Lipinski definition) is 2. The number of pyridine rings is 1. The van der Waals surface area contributed by atoms with Gasteiger partial charge in [-0.1, -0.05) is 42.5 Å². The summed E-state index contributed by atoms with van der Waals surface area (Å²) < 4.78 is 77.3. The Labute approximate surface area is 220 Å². The molecule has 0 aliphatic rings. The zero-order valence-corrected chi connectivity index (χ0v) is 20.4. The second-order valence-corrected chi connectivity index (χ2v) is 8.69. The van der Waals surface area contributed by atoms with Crippen LogP contribution in [0.3, 0.4) is 0 Å². The van der Waals surface area contributed by atoms with Crippen LogP contribution in [0.15, 0.2) is 72.9 Å². The van der Waals surface area contributed by atoms with Gasteiger partial charge in [0.1, 0.15) is 0 Å². The molecular formula is C28H24F6N2O3. The third-order valence-corrected chi connectivity index (χ3v) is 5.78. The van der Waals surface area contributed by atoms with Crippen LogP contribution < -0.4 is 5.32 Å². The van der Waals surface area contributed by atoms with Crippen molar-refractivity contribution >= 4 is 18.0 Å². The molecule has 1 unspecified atom stereocenters. The van der Waals surface area contributed by atoms with Crippen LogP contribution in [0, 0.1) is 0 Å². The predicted octanol–water partition coefficient (Wildman–Crippen LogP) is 7.11. The summed E-state index contributed by atoms with van der Waals surface area (Å²) in [5.41, 5.74) is 1.44. The first-order valence-corrected chi connectivity index (χ1v) is 11.8. The number of rotatable bonds is 10. The van der Waals surface area contributed by atoms with E-state index in [0.717, 1.165) is 12.1 Å². The highest BCUT2D eigenvalue weighted by Gasteiger charge is 2.30. The quantitative estimate of drug-likeness (QED) is 0.264. The number of carboxylic acids is 1. The summed E-state index contributed by atoms with van der Waals surface area (Å²) >= 11 is 0. The molecule has 2 N–H and O–H groups in total. The van der Waals surface area contributed by atoms with Crippen molar-refractivity contribution in [1.82, 2.24) is 10.3 Å². The maximum absolute atomic E-state index is 13.0. The van der Waals surface area contributed by atoms with Crippen molar-refractivity contribution in [2.24, 2.45) is 0 Å². The van der Waals surface area contributed by atoms with Gasteiger partial charge in [-0.3, -0.25) is 14.6 Å². The van der Waals surface area contributed by atoms with E-state index < -0.39 is 42.1 Å². The molecule has 1 amide bonds. The average Bonchev–Trinajstić information content (AvgIpc) is 2.88. The lowest BCUT2D eigenvalue weighted by Crippen LogP contribution is -2.25. The number of allylic oxidation sites excluding steroid dienone is 1. The molecular weight excluding hydrogens is 526 g/mol. The molecule has 0 spiro atoms. The molecule has 1 aromatic heterocycles. The molecule has 206 valence electrons. The first kappa shape index (κ1) is 29.4. The SMILES string of the molecule is O=C(O)CCNC(=O)c1ccc(/C=C/C(CCC(F)(F)F)c2ccc(-c3ccc(C(F)(F)F)cc3)nc2)cc1. The first-order chi connectivity index (χ1) is 18.3. The number of carbonyl (C=O) groups is 2. The van der Waals surface area contributed by atoms with Crippen LogP contribution in [-0.2, 0) is 11.0 Å². The molecule has 0 aliphatic carbocycles. The van der Waals surface area contributed by atoms with Crippen LogP contribution in [0.5, 0.6) is 0 Å². The van der Waals surface area contributed by atoms with Crippen LogP contribution in [0.1, 0.15) is 52.2 Å². The van der Waals surface area contributed by atoms with Crippen molar-refractivity contribution in [3.05, 3.63) is 95.2 Å². The highest BCUT2D eigenvalue weighted by molar-refractivity contribution is 5.94. The fourth-order valence-electron chi connectivity index (χ4n) is 3.68. The third-order valence-electron chi connectivity index (χ3n) is 5.78. The minimum Gasteiger partial charge on any atom is -0.481 e. The second-order valence-electron chi connectivity index (χ2n) is 8.69. The molecule has 0 bridgehead atoms. The Morgan fingerprint density at radius 3 is 2.13 bits per heavy atom. The molecule has 39 heavy (non-hydrogen) atoms. The monoisotopic (exact) mass is 550 g/mol. The number of aromatic nitrogens is 1. The van der Waals surface area contributed by atoms with Crippen molar-refractivity contribution < 1.29 is 41.0 Å². The van der Waals surface area contributed by atoms with E-state index in [4.69, 9.17) is 5.11 Å². The van der Waals surface area contributed by atoms with Gasteiger partial charge in [0, 0.05) is 36.2 Å². The number of aliphatic carboxylic acids is 1. The van der Waals surface area contributed by atoms with Crippen molar-refractivity contribution in [1.29, 1.82) is 0 Å². The third kappa shape index (κ3) is 9.27. The van der Waals surface area contributed by atoms with E-state index in [2.05, 4.69) is 10.3 Å². The number of nitrogens with one attached hydrogen (secondary N) is 1. The van der Waals surface area contributed by atoms with E-state index in [-0.39, 0.29) is 19.4 Å². The van der Waals surface area contributed by atoms with Crippen LogP contribution in [-0.4, -0.2) is 34.7 Å². The Kier molecular flexibility index (Phi) is 9.50. The van der Waals surface area contributed by atoms with E-state index in [1.807, 2.05) is 0 Å². The molecule has 0 fully saturated rings. The normalized spacial score (nSPS) is 12.9. The largest absolute Gasteiger partial charge is 0.481 e. The number of nitrogens with zero attached hydrogens (tertiary/aromatic N) is 1. The number of halogens is 6. The molecule has 1 atom stereocenters. The molecule has 0 saturated heterocycles. The Morgan fingerprint density at radius 1 is 0.923 bits per heavy atom. The Hall–Kier alpha value is -4.15. The Morgan fingerprint density at radius 2 is 1.59 bits per heavy atom. The van der Waals surface area contributed by atoms with Crippen molar-refractivity contribution in [3.8, 4) is 11.3 Å². The molecule has 0 radical (unpaired) electrons. The lowest BCUT2D eigenvalue weighted by atomic mass is 9.93. The molecule has 0 aliphatic heterocycles. The van der Waals surface area contributed by atoms with Crippen molar-refractivity contribution in [2.45, 2.75) is 37.5 Å². The lowest BCUT2D eigenvalue weighted by Gasteiger charge is -2.15. The summed E-state index contributed by atoms with van der Waals surface area (Å²) in [5.74, 6) is -2.14. The molecule has 5 nitrogen and oxygen atoms in total. The summed E-state index contributed by atoms with van der Waals surface area (Å²) in [7, 11) is 0. The number of carboxylic acid groups (broad SMARTS) is 1. The van der Waals surface area contributed by atoms with Gasteiger partial charge in [-0.05, 0) is 47.9 Å². The van der Waals surface area contributed by atoms with E-state index >= 15 is 0 Å². The molecule has 1 heterocycles. The zero-order valence-electron chi connectivity index (χ0n) is 20.4. The maximum Gasteiger partial charge on any atom is 0.416 e. The topological polar surface area (TPSA) is 79.3 Å². The van der Waals surface area contributed by atoms with Gasteiger partial charge in [-0.15, -0.1) is 0 Å². The van der Waals surface area contributed by atoms with Crippen LogP contribution in [0.4, 0.5) is 26.3 Å². The molecule has 11 heteroatoms. The molecule has 3 rings (SSSR count). The second kappa shape index (κ2) is 12.6. The number of alkyl halides is 6. The average molecular weight is 550 g/mol. The molecule has 2 aromatic carbocycles. The number of benzene rings is 2. The summed E-state index contributed by atoms with van der Waals surface area (Å²) in [6.07, 6.45) is -5.70. The van der Waals surface area contributed by atoms with Crippen molar-refractivity contribution in [3.63, 3.8) is 0 Å². The summed E-state index contributed by atoms with van der Waals surface area (Å²) in [5, 5.41) is 11.1. The first-order valence-electron chi connectivity index (χ1n) is 11.8. The highest BCUT2D eigenvalue weighted by Crippen LogP contribution is 2.33. The van der Waals surface area contributed by atoms with E-state index in [1.165, 1.54) is 30.5 Å². The van der Waals surface area contributed by atoms with Gasteiger partial charge in [-0.2, -0.15) is 26.3 Å². The Bertz CT molecular complexity index is 1280. The van der Waals surface area contributed by atoms with Crippen LogP contribution >= 0.6 is 0 Å². The van der Waals surface area contributed by atoms with Gasteiger partial charge in [0.15, 0.2) is 0 Å². The maximum atomic E-state index is 13.0. The van der Waals surface area contributed by atoms with E-state index in [1.54, 1.807) is 36.4 Å². The van der Waals surface area contributed by atoms with E-state index in [0.29, 0.717) is 27.9 Å². The summed E-state index contributed by atoms with van der Waals surface area (Å²) in [6, 6.07) is 13.8. The van der Waals surface area contributed by atoms with Gasteiger partial charge >= 0.3 is 18.3 Å². The van der Waals surface area contributed by atoms with Gasteiger partial charge in [0.25, 0.3) is 5.91 Å². The molecule has 0 saturated carbocycles. The fourth-order valence-corrected chi connectivity index (χ4v) is 3.68. The van der Waals surface area contributed by atoms with Gasteiger partial charge in [-0.25, -0.2) is 0 Å². The lowest BCUT2D eigenvalue weighted by molar-refractivity contribution is -0.138. The zero-order chi connectivity index (χ0) is 28.6. The smallest absolute Gasteiger partial charge is 0.416 e. The number of carbonyl (C=O) groups excluding carboxylic acids is 1. The number of amides is 1. The standard InChI is InChI=1S/C28H24F6N2O3/c29-27(30,31)15-13-19(4-1-18-2-5-21(6-3-18)26(39)35-16-14-25(37)38)22-9-12-24(36-17-22)20-7-10-23(11-8-20)28(32,33)34/h1-12,17,19H,13-16H2,(H,35,39)(H,37,38)/b4-1+. The predicted molar refractivity (Wildman–Crippen MR) is 133 cm³/mol. The van der Waals surface area contributed by atoms with Crippen molar-refractivity contribution in [2.75, 3.05) is 6.54 Å². The van der Waals surface area contributed by atoms with Gasteiger partial charge in [0.2, 0.25) is 0 Å². The fraction of sp³-hybridized carbons (Fsp3) is 0.250. The minimum absolute atomic E-state index is 0.0254. The van der Waals surface area contributed by atoms with E-state index in [9.17, 15) is 35.9 Å². The number of hydrogen-bond acceptors (Lipinski definition) is 3. The highest BCUT2D eigenvalue weighted by atomic mass is 19.4. The summed E-state index contributed by atoms with van der Waals surface area (Å²) in [4.78, 5) is 26.9. The van der Waals surface area contributed by atoms with Gasteiger partial charge in [0.05, 0.1) is 17.7 Å².